The summed E-state index contributed by atoms with van der Waals surface area (Å²) in [5.74, 6) is 0.731. The Morgan fingerprint density at radius 3 is 2.45 bits per heavy atom. The minimum Gasteiger partial charge on any atom is -0.465 e. The Labute approximate surface area is 134 Å². The summed E-state index contributed by atoms with van der Waals surface area (Å²) in [5, 5.41) is 0. The average Bonchev–Trinajstić information content (AvgIpc) is 2.55. The molecule has 128 valence electrons. The summed E-state index contributed by atoms with van der Waals surface area (Å²) in [6.45, 7) is 11.6. The highest BCUT2D eigenvalue weighted by molar-refractivity contribution is 5.75. The summed E-state index contributed by atoms with van der Waals surface area (Å²) in [7, 11) is 0. The van der Waals surface area contributed by atoms with Crippen LogP contribution in [0.2, 0.25) is 0 Å². The third kappa shape index (κ3) is 5.21. The number of ether oxygens (including phenoxy) is 2. The maximum atomic E-state index is 12.1. The van der Waals surface area contributed by atoms with Gasteiger partial charge in [-0.25, -0.2) is 0 Å². The van der Waals surface area contributed by atoms with Crippen LogP contribution in [-0.4, -0.2) is 74.4 Å². The Hall–Kier alpha value is -0.650. The number of hydrogen-bond acceptors (Lipinski definition) is 5. The maximum absolute atomic E-state index is 12.1. The van der Waals surface area contributed by atoms with E-state index in [0.717, 1.165) is 58.2 Å². The lowest BCUT2D eigenvalue weighted by atomic mass is 9.94. The van der Waals surface area contributed by atoms with Crippen LogP contribution in [0.25, 0.3) is 0 Å². The van der Waals surface area contributed by atoms with E-state index < -0.39 is 0 Å². The number of morpholine rings is 1. The van der Waals surface area contributed by atoms with Gasteiger partial charge in [0, 0.05) is 19.6 Å². The molecule has 22 heavy (non-hydrogen) atoms. The summed E-state index contributed by atoms with van der Waals surface area (Å²) >= 11 is 0. The van der Waals surface area contributed by atoms with Crippen LogP contribution in [0.1, 0.15) is 39.5 Å². The van der Waals surface area contributed by atoms with Crippen LogP contribution in [0.3, 0.4) is 0 Å². The van der Waals surface area contributed by atoms with Gasteiger partial charge in [-0.2, -0.15) is 0 Å². The number of carbonyl (C=O) groups is 1. The Balaban J connectivity index is 1.77. The Morgan fingerprint density at radius 1 is 1.18 bits per heavy atom. The third-order valence-electron chi connectivity index (χ3n) is 4.83. The Morgan fingerprint density at radius 2 is 1.86 bits per heavy atom. The molecular formula is C17H32N2O3. The number of esters is 1. The minimum absolute atomic E-state index is 0.0315. The molecule has 2 saturated heterocycles. The van der Waals surface area contributed by atoms with Crippen LogP contribution < -0.4 is 0 Å². The quantitative estimate of drug-likeness (QED) is 0.670. The van der Waals surface area contributed by atoms with Crippen LogP contribution in [-0.2, 0) is 14.3 Å². The van der Waals surface area contributed by atoms with Gasteiger partial charge >= 0.3 is 5.97 Å². The molecule has 2 aliphatic heterocycles. The van der Waals surface area contributed by atoms with Gasteiger partial charge in [0.2, 0.25) is 0 Å². The molecule has 0 aliphatic carbocycles. The SMILES string of the molecule is CCC[C@H](C(=O)OCC)N1CCC(CN2CCOCC2)CC1. The number of rotatable bonds is 7. The first-order valence-electron chi connectivity index (χ1n) is 8.95. The maximum Gasteiger partial charge on any atom is 0.323 e. The first-order valence-corrected chi connectivity index (χ1v) is 8.95. The van der Waals surface area contributed by atoms with Gasteiger partial charge < -0.3 is 9.47 Å². The van der Waals surface area contributed by atoms with Crippen molar-refractivity contribution in [3.8, 4) is 0 Å². The smallest absolute Gasteiger partial charge is 0.323 e. The van der Waals surface area contributed by atoms with Crippen molar-refractivity contribution in [1.29, 1.82) is 0 Å². The lowest BCUT2D eigenvalue weighted by Crippen LogP contribution is -2.48. The van der Waals surface area contributed by atoms with Crippen molar-refractivity contribution in [3.63, 3.8) is 0 Å². The molecule has 0 aromatic carbocycles. The van der Waals surface area contributed by atoms with Gasteiger partial charge in [0.15, 0.2) is 0 Å². The molecule has 0 amide bonds. The second-order valence-electron chi connectivity index (χ2n) is 6.45. The molecule has 0 aromatic rings. The number of likely N-dealkylation sites (tertiary alicyclic amines) is 1. The monoisotopic (exact) mass is 312 g/mol. The molecule has 0 unspecified atom stereocenters. The molecule has 5 nitrogen and oxygen atoms in total. The fourth-order valence-electron chi connectivity index (χ4n) is 3.56. The van der Waals surface area contributed by atoms with Gasteiger partial charge in [-0.05, 0) is 45.2 Å². The van der Waals surface area contributed by atoms with E-state index in [9.17, 15) is 4.79 Å². The molecule has 2 aliphatic rings. The van der Waals surface area contributed by atoms with Crippen molar-refractivity contribution in [2.75, 3.05) is 52.5 Å². The zero-order valence-electron chi connectivity index (χ0n) is 14.3. The highest BCUT2D eigenvalue weighted by atomic mass is 16.5. The lowest BCUT2D eigenvalue weighted by molar-refractivity contribution is -0.150. The second kappa shape index (κ2) is 9.48. The van der Waals surface area contributed by atoms with Crippen molar-refractivity contribution in [1.82, 2.24) is 9.80 Å². The zero-order chi connectivity index (χ0) is 15.8. The molecule has 0 saturated carbocycles. The molecule has 0 aromatic heterocycles. The third-order valence-corrected chi connectivity index (χ3v) is 4.83. The Kier molecular flexibility index (Phi) is 7.63. The van der Waals surface area contributed by atoms with Crippen molar-refractivity contribution < 1.29 is 14.3 Å². The van der Waals surface area contributed by atoms with Crippen molar-refractivity contribution in [2.45, 2.75) is 45.6 Å². The van der Waals surface area contributed by atoms with E-state index in [-0.39, 0.29) is 12.0 Å². The fraction of sp³-hybridized carbons (Fsp3) is 0.941. The van der Waals surface area contributed by atoms with E-state index in [1.54, 1.807) is 0 Å². The predicted octanol–water partition coefficient (Wildman–Crippen LogP) is 1.76. The zero-order valence-corrected chi connectivity index (χ0v) is 14.3. The van der Waals surface area contributed by atoms with Crippen LogP contribution in [0.4, 0.5) is 0 Å². The summed E-state index contributed by atoms with van der Waals surface area (Å²) < 4.78 is 10.7. The number of piperidine rings is 1. The molecule has 2 heterocycles. The van der Waals surface area contributed by atoms with Crippen molar-refractivity contribution in [2.24, 2.45) is 5.92 Å². The number of nitrogens with zero attached hydrogens (tertiary/aromatic N) is 2. The van der Waals surface area contributed by atoms with Gasteiger partial charge in [-0.15, -0.1) is 0 Å². The van der Waals surface area contributed by atoms with E-state index in [4.69, 9.17) is 9.47 Å². The molecule has 0 radical (unpaired) electrons. The molecule has 1 atom stereocenters. The predicted molar refractivity (Wildman–Crippen MR) is 86.9 cm³/mol. The molecule has 5 heteroatoms. The van der Waals surface area contributed by atoms with E-state index in [1.807, 2.05) is 6.92 Å². The van der Waals surface area contributed by atoms with Gasteiger partial charge in [-0.3, -0.25) is 14.6 Å². The largest absolute Gasteiger partial charge is 0.465 e. The molecule has 2 rings (SSSR count). The summed E-state index contributed by atoms with van der Waals surface area (Å²) in [4.78, 5) is 17.0. The molecule has 0 spiro atoms. The topological polar surface area (TPSA) is 42.0 Å². The summed E-state index contributed by atoms with van der Waals surface area (Å²) in [5.41, 5.74) is 0. The van der Waals surface area contributed by atoms with E-state index in [0.29, 0.717) is 6.61 Å². The second-order valence-corrected chi connectivity index (χ2v) is 6.45. The van der Waals surface area contributed by atoms with Gasteiger partial charge in [0.05, 0.1) is 19.8 Å². The highest BCUT2D eigenvalue weighted by Crippen LogP contribution is 2.22. The van der Waals surface area contributed by atoms with E-state index in [2.05, 4.69) is 16.7 Å². The first-order chi connectivity index (χ1) is 10.7. The molecule has 0 N–H and O–H groups in total. The number of carbonyl (C=O) groups excluding carboxylic acids is 1. The van der Waals surface area contributed by atoms with Crippen LogP contribution >= 0.6 is 0 Å². The van der Waals surface area contributed by atoms with Gasteiger partial charge in [0.25, 0.3) is 0 Å². The van der Waals surface area contributed by atoms with Crippen LogP contribution in [0, 0.1) is 5.92 Å². The first kappa shape index (κ1) is 17.7. The van der Waals surface area contributed by atoms with E-state index >= 15 is 0 Å². The van der Waals surface area contributed by atoms with Crippen molar-refractivity contribution in [3.05, 3.63) is 0 Å². The summed E-state index contributed by atoms with van der Waals surface area (Å²) in [6.07, 6.45) is 4.32. The fourth-order valence-corrected chi connectivity index (χ4v) is 3.56. The van der Waals surface area contributed by atoms with Gasteiger partial charge in [0.1, 0.15) is 6.04 Å². The normalized spacial score (nSPS) is 23.4. The van der Waals surface area contributed by atoms with E-state index in [1.165, 1.54) is 19.4 Å². The molecule has 2 fully saturated rings. The number of hydrogen-bond donors (Lipinski definition) is 0. The molecular weight excluding hydrogens is 280 g/mol. The van der Waals surface area contributed by atoms with Crippen LogP contribution in [0.5, 0.6) is 0 Å². The minimum atomic E-state index is -0.0331. The van der Waals surface area contributed by atoms with Gasteiger partial charge in [-0.1, -0.05) is 13.3 Å². The lowest BCUT2D eigenvalue weighted by Gasteiger charge is -2.38. The summed E-state index contributed by atoms with van der Waals surface area (Å²) in [6, 6.07) is -0.0331. The molecule has 0 bridgehead atoms. The standard InChI is InChI=1S/C17H32N2O3/c1-3-5-16(17(20)22-4-2)19-8-6-15(7-9-19)14-18-10-12-21-13-11-18/h15-16H,3-14H2,1-2H3/t16-/m1/s1. The van der Waals surface area contributed by atoms with Crippen LogP contribution in [0.15, 0.2) is 0 Å². The Bertz CT molecular complexity index is 324. The average molecular weight is 312 g/mol. The van der Waals surface area contributed by atoms with Crippen molar-refractivity contribution >= 4 is 5.97 Å². The highest BCUT2D eigenvalue weighted by Gasteiger charge is 2.30.